The van der Waals surface area contributed by atoms with Crippen LogP contribution in [-0.2, 0) is 14.4 Å². The van der Waals surface area contributed by atoms with Crippen LogP contribution in [0.5, 0.6) is 0 Å². The summed E-state index contributed by atoms with van der Waals surface area (Å²) in [6.07, 6.45) is -0.604. The average Bonchev–Trinajstić information content (AvgIpc) is 2.35. The minimum absolute atomic E-state index is 0.102. The highest BCUT2D eigenvalue weighted by Gasteiger charge is 2.22. The number of carbonyl (C=O) groups excluding carboxylic acids is 1. The fourth-order valence-corrected chi connectivity index (χ4v) is 1.03. The molecule has 8 N–H and O–H groups in total. The van der Waals surface area contributed by atoms with Gasteiger partial charge in [-0.05, 0) is 12.8 Å². The van der Waals surface area contributed by atoms with Gasteiger partial charge in [-0.15, -0.1) is 0 Å². The molecule has 0 aromatic heterocycles. The van der Waals surface area contributed by atoms with Gasteiger partial charge < -0.3 is 27.4 Å². The van der Waals surface area contributed by atoms with Crippen LogP contribution in [0.25, 0.3) is 0 Å². The monoisotopic (exact) mass is 295 g/mol. The molecule has 0 bridgehead atoms. The number of halogens is 1. The summed E-state index contributed by atoms with van der Waals surface area (Å²) in [4.78, 5) is 30.2. The van der Waals surface area contributed by atoms with Crippen LogP contribution in [0.15, 0.2) is 0 Å². The summed E-state index contributed by atoms with van der Waals surface area (Å²) in [5, 5.41) is 16.4. The van der Waals surface area contributed by atoms with E-state index in [4.69, 9.17) is 27.4 Å². The van der Waals surface area contributed by atoms with Crippen molar-refractivity contribution in [2.75, 3.05) is 0 Å². The van der Waals surface area contributed by atoms with Gasteiger partial charge >= 0.3 is 11.9 Å². The first-order valence-electron chi connectivity index (χ1n) is 6.02. The number of rotatable bonds is 8. The van der Waals surface area contributed by atoms with Crippen molar-refractivity contribution in [2.45, 2.75) is 50.9 Å². The Bertz CT molecular complexity index is 327. The van der Waals surface area contributed by atoms with Crippen molar-refractivity contribution in [3.05, 3.63) is 0 Å². The van der Waals surface area contributed by atoms with E-state index in [1.54, 1.807) is 6.92 Å². The molecule has 0 radical (unpaired) electrons. The number of nitrogens with two attached hydrogens (primary N) is 3. The molecule has 0 saturated carbocycles. The van der Waals surface area contributed by atoms with E-state index < -0.39 is 36.1 Å². The topological polar surface area (TPSA) is 170 Å². The Balaban J connectivity index is 0. The van der Waals surface area contributed by atoms with Gasteiger partial charge in [-0.3, -0.25) is 14.4 Å². The predicted octanol–water partition coefficient (Wildman–Crippen LogP) is -0.800. The zero-order valence-corrected chi connectivity index (χ0v) is 11.3. The smallest absolute Gasteiger partial charge is 0.323 e. The first kappa shape index (κ1) is 20.6. The van der Waals surface area contributed by atoms with Crippen molar-refractivity contribution in [2.24, 2.45) is 17.2 Å². The van der Waals surface area contributed by atoms with Crippen LogP contribution in [0.1, 0.15) is 32.6 Å². The maximum absolute atomic E-state index is 12.5. The lowest BCUT2D eigenvalue weighted by Gasteiger charge is -2.10. The first-order chi connectivity index (χ1) is 9.13. The summed E-state index contributed by atoms with van der Waals surface area (Å²) in [6, 6.07) is -2.20. The third kappa shape index (κ3) is 11.4. The molecular formula is C11H22FN3O5. The lowest BCUT2D eigenvalue weighted by molar-refractivity contribution is -0.140. The summed E-state index contributed by atoms with van der Waals surface area (Å²) in [7, 11) is 0. The Morgan fingerprint density at radius 1 is 1.15 bits per heavy atom. The molecule has 3 atom stereocenters. The van der Waals surface area contributed by atoms with Crippen molar-refractivity contribution >= 4 is 17.8 Å². The molecule has 118 valence electrons. The van der Waals surface area contributed by atoms with Gasteiger partial charge in [0, 0.05) is 6.42 Å². The standard InChI is InChI=1S/C6H12FNO2.C5H10N2O3/c1-2-3-4(7)5(8)6(9)10;6-3(5(7)10)1-2-4(8)9/h4-5H,2-3,8H2,1H3,(H,9,10);3H,1-2,6H2,(H2,7,10)(H,8,9). The van der Waals surface area contributed by atoms with Gasteiger partial charge in [0.15, 0.2) is 0 Å². The highest BCUT2D eigenvalue weighted by atomic mass is 19.1. The second kappa shape index (κ2) is 11.1. The predicted molar refractivity (Wildman–Crippen MR) is 69.5 cm³/mol. The minimum atomic E-state index is -1.41. The Hall–Kier alpha value is -1.74. The lowest BCUT2D eigenvalue weighted by atomic mass is 10.1. The van der Waals surface area contributed by atoms with E-state index in [1.165, 1.54) is 0 Å². The molecule has 0 aliphatic carbocycles. The maximum atomic E-state index is 12.5. The normalized spacial score (nSPS) is 14.4. The van der Waals surface area contributed by atoms with Gasteiger partial charge in [0.2, 0.25) is 5.91 Å². The van der Waals surface area contributed by atoms with Gasteiger partial charge in [-0.1, -0.05) is 13.3 Å². The number of carboxylic acid groups (broad SMARTS) is 2. The van der Waals surface area contributed by atoms with Crippen molar-refractivity contribution in [1.82, 2.24) is 0 Å². The van der Waals surface area contributed by atoms with Crippen LogP contribution in [0.2, 0.25) is 0 Å². The summed E-state index contributed by atoms with van der Waals surface area (Å²) in [5.74, 6) is -2.92. The molecule has 1 amide bonds. The van der Waals surface area contributed by atoms with E-state index in [0.29, 0.717) is 6.42 Å². The molecule has 8 nitrogen and oxygen atoms in total. The zero-order valence-electron chi connectivity index (χ0n) is 11.3. The summed E-state index contributed by atoms with van der Waals surface area (Å²) in [6.45, 7) is 1.78. The zero-order chi connectivity index (χ0) is 16.3. The molecule has 0 aromatic rings. The molecule has 0 spiro atoms. The van der Waals surface area contributed by atoms with Gasteiger partial charge in [0.05, 0.1) is 6.04 Å². The number of alkyl halides is 1. The van der Waals surface area contributed by atoms with Gasteiger partial charge in [0.1, 0.15) is 12.2 Å². The molecule has 0 fully saturated rings. The quantitative estimate of drug-likeness (QED) is 0.390. The van der Waals surface area contributed by atoms with Crippen LogP contribution >= 0.6 is 0 Å². The number of hydrogen-bond acceptors (Lipinski definition) is 5. The van der Waals surface area contributed by atoms with E-state index in [-0.39, 0.29) is 19.3 Å². The van der Waals surface area contributed by atoms with E-state index in [0.717, 1.165) is 0 Å². The van der Waals surface area contributed by atoms with Gasteiger partial charge in [-0.25, -0.2) is 4.39 Å². The molecule has 0 aliphatic rings. The third-order valence-corrected chi connectivity index (χ3v) is 2.27. The first-order valence-corrected chi connectivity index (χ1v) is 6.02. The summed E-state index contributed by atoms with van der Waals surface area (Å²) >= 11 is 0. The Morgan fingerprint density at radius 3 is 1.95 bits per heavy atom. The molecule has 0 saturated heterocycles. The number of amides is 1. The molecule has 9 heteroatoms. The van der Waals surface area contributed by atoms with Crippen LogP contribution in [0.3, 0.4) is 0 Å². The highest BCUT2D eigenvalue weighted by Crippen LogP contribution is 2.04. The molecule has 0 rings (SSSR count). The lowest BCUT2D eigenvalue weighted by Crippen LogP contribution is -2.39. The fraction of sp³-hybridized carbons (Fsp3) is 0.727. The second-order valence-electron chi connectivity index (χ2n) is 4.11. The molecule has 3 unspecified atom stereocenters. The number of primary amides is 1. The minimum Gasteiger partial charge on any atom is -0.481 e. The van der Waals surface area contributed by atoms with Crippen LogP contribution in [0.4, 0.5) is 4.39 Å². The Kier molecular flexibility index (Phi) is 11.4. The van der Waals surface area contributed by atoms with Crippen LogP contribution < -0.4 is 17.2 Å². The average molecular weight is 295 g/mol. The second-order valence-corrected chi connectivity index (χ2v) is 4.11. The van der Waals surface area contributed by atoms with Crippen molar-refractivity contribution in [3.8, 4) is 0 Å². The van der Waals surface area contributed by atoms with Crippen molar-refractivity contribution < 1.29 is 29.0 Å². The SMILES string of the molecule is CCCC(F)C(N)C(=O)O.NC(=O)C(N)CCC(=O)O. The highest BCUT2D eigenvalue weighted by molar-refractivity contribution is 5.80. The number of carbonyl (C=O) groups is 3. The van der Waals surface area contributed by atoms with E-state index >= 15 is 0 Å². The summed E-state index contributed by atoms with van der Waals surface area (Å²) in [5.41, 5.74) is 14.9. The Labute approximate surface area is 116 Å². The number of aliphatic carboxylic acids is 2. The van der Waals surface area contributed by atoms with Gasteiger partial charge in [0.25, 0.3) is 0 Å². The molecule has 0 heterocycles. The van der Waals surface area contributed by atoms with Gasteiger partial charge in [-0.2, -0.15) is 0 Å². The molecular weight excluding hydrogens is 273 g/mol. The fourth-order valence-electron chi connectivity index (χ4n) is 1.03. The van der Waals surface area contributed by atoms with E-state index in [1.807, 2.05) is 0 Å². The molecule has 0 aliphatic heterocycles. The number of carboxylic acids is 2. The van der Waals surface area contributed by atoms with Crippen molar-refractivity contribution in [1.29, 1.82) is 0 Å². The summed E-state index contributed by atoms with van der Waals surface area (Å²) < 4.78 is 12.5. The van der Waals surface area contributed by atoms with Crippen LogP contribution in [0, 0.1) is 0 Å². The molecule has 20 heavy (non-hydrogen) atoms. The van der Waals surface area contributed by atoms with E-state index in [9.17, 15) is 18.8 Å². The molecule has 0 aromatic carbocycles. The van der Waals surface area contributed by atoms with Crippen molar-refractivity contribution in [3.63, 3.8) is 0 Å². The third-order valence-electron chi connectivity index (χ3n) is 2.27. The van der Waals surface area contributed by atoms with E-state index in [2.05, 4.69) is 0 Å². The maximum Gasteiger partial charge on any atom is 0.323 e. The largest absolute Gasteiger partial charge is 0.481 e. The number of hydrogen-bond donors (Lipinski definition) is 5. The Morgan fingerprint density at radius 2 is 1.65 bits per heavy atom. The van der Waals surface area contributed by atoms with Crippen LogP contribution in [-0.4, -0.2) is 46.3 Å².